The Morgan fingerprint density at radius 3 is 2.61 bits per heavy atom. The molecule has 0 saturated carbocycles. The second-order valence-corrected chi connectivity index (χ2v) is 6.92. The van der Waals surface area contributed by atoms with Crippen LogP contribution in [0.4, 0.5) is 0 Å². The quantitative estimate of drug-likeness (QED) is 0.495. The SMILES string of the molecule is Cc1ccccc1-c1c(-c2ccc3[nH]ncc3c2)nnn1Cc1ccccc1. The van der Waals surface area contributed by atoms with Crippen LogP contribution in [0, 0.1) is 6.92 Å². The van der Waals surface area contributed by atoms with E-state index in [1.54, 1.807) is 0 Å². The van der Waals surface area contributed by atoms with E-state index in [2.05, 4.69) is 76.0 Å². The van der Waals surface area contributed by atoms with Gasteiger partial charge in [0.15, 0.2) is 0 Å². The molecular weight excluding hydrogens is 346 g/mol. The number of aryl methyl sites for hydroxylation is 1. The van der Waals surface area contributed by atoms with Crippen LogP contribution in [0.2, 0.25) is 0 Å². The van der Waals surface area contributed by atoms with E-state index in [1.807, 2.05) is 35.1 Å². The Morgan fingerprint density at radius 2 is 1.75 bits per heavy atom. The molecule has 28 heavy (non-hydrogen) atoms. The number of H-pyrrole nitrogens is 1. The number of hydrogen-bond donors (Lipinski definition) is 1. The molecule has 0 bridgehead atoms. The standard InChI is InChI=1S/C23H19N5/c1-16-7-5-6-10-20(16)23-22(18-11-12-21-19(13-18)14-24-25-21)26-27-28(23)15-17-8-3-2-4-9-17/h2-14H,15H2,1H3,(H,24,25). The van der Waals surface area contributed by atoms with Crippen molar-refractivity contribution in [3.8, 4) is 22.5 Å². The monoisotopic (exact) mass is 365 g/mol. The number of aromatic amines is 1. The summed E-state index contributed by atoms with van der Waals surface area (Å²) >= 11 is 0. The molecule has 0 aliphatic carbocycles. The largest absolute Gasteiger partial charge is 0.278 e. The van der Waals surface area contributed by atoms with Gasteiger partial charge in [-0.3, -0.25) is 5.10 Å². The summed E-state index contributed by atoms with van der Waals surface area (Å²) in [6, 6.07) is 24.9. The molecule has 0 fully saturated rings. The molecule has 0 amide bonds. The summed E-state index contributed by atoms with van der Waals surface area (Å²) in [6.45, 7) is 2.80. The maximum Gasteiger partial charge on any atom is 0.121 e. The van der Waals surface area contributed by atoms with Crippen molar-refractivity contribution in [3.63, 3.8) is 0 Å². The lowest BCUT2D eigenvalue weighted by molar-refractivity contribution is 0.655. The Kier molecular flexibility index (Phi) is 3.98. The van der Waals surface area contributed by atoms with Gasteiger partial charge >= 0.3 is 0 Å². The van der Waals surface area contributed by atoms with Crippen LogP contribution in [0.1, 0.15) is 11.1 Å². The summed E-state index contributed by atoms with van der Waals surface area (Å²) in [5, 5.41) is 17.3. The molecule has 0 aliphatic heterocycles. The van der Waals surface area contributed by atoms with Crippen LogP contribution >= 0.6 is 0 Å². The van der Waals surface area contributed by atoms with Gasteiger partial charge < -0.3 is 0 Å². The minimum atomic E-state index is 0.672. The molecule has 5 aromatic rings. The predicted molar refractivity (Wildman–Crippen MR) is 111 cm³/mol. The number of nitrogens with zero attached hydrogens (tertiary/aromatic N) is 4. The van der Waals surface area contributed by atoms with Gasteiger partial charge in [0.05, 0.1) is 24.0 Å². The molecule has 136 valence electrons. The molecule has 0 saturated heterocycles. The first-order valence-electron chi connectivity index (χ1n) is 9.26. The third kappa shape index (κ3) is 2.87. The van der Waals surface area contributed by atoms with Gasteiger partial charge in [0.2, 0.25) is 0 Å². The Bertz CT molecular complexity index is 1250. The summed E-state index contributed by atoms with van der Waals surface area (Å²) < 4.78 is 1.99. The second-order valence-electron chi connectivity index (χ2n) is 6.92. The number of benzene rings is 3. The van der Waals surface area contributed by atoms with E-state index in [0.717, 1.165) is 33.4 Å². The van der Waals surface area contributed by atoms with Crippen LogP contribution in [0.15, 0.2) is 79.0 Å². The molecule has 0 spiro atoms. The molecule has 0 atom stereocenters. The van der Waals surface area contributed by atoms with Crippen molar-refractivity contribution in [2.45, 2.75) is 13.5 Å². The van der Waals surface area contributed by atoms with Crippen LogP contribution in [-0.2, 0) is 6.54 Å². The third-order valence-electron chi connectivity index (χ3n) is 5.02. The zero-order valence-corrected chi connectivity index (χ0v) is 15.5. The minimum Gasteiger partial charge on any atom is -0.278 e. The lowest BCUT2D eigenvalue weighted by Crippen LogP contribution is -2.04. The van der Waals surface area contributed by atoms with Gasteiger partial charge in [-0.25, -0.2) is 4.68 Å². The van der Waals surface area contributed by atoms with Crippen LogP contribution in [0.25, 0.3) is 33.4 Å². The van der Waals surface area contributed by atoms with Gasteiger partial charge in [0, 0.05) is 16.5 Å². The molecule has 0 aliphatic rings. The Morgan fingerprint density at radius 1 is 0.929 bits per heavy atom. The fraction of sp³-hybridized carbons (Fsp3) is 0.0870. The minimum absolute atomic E-state index is 0.672. The van der Waals surface area contributed by atoms with Crippen molar-refractivity contribution in [1.82, 2.24) is 25.2 Å². The second kappa shape index (κ2) is 6.78. The third-order valence-corrected chi connectivity index (χ3v) is 5.02. The summed E-state index contributed by atoms with van der Waals surface area (Å²) in [5.41, 5.74) is 7.50. The highest BCUT2D eigenvalue weighted by Crippen LogP contribution is 2.33. The van der Waals surface area contributed by atoms with E-state index in [-0.39, 0.29) is 0 Å². The summed E-state index contributed by atoms with van der Waals surface area (Å²) in [7, 11) is 0. The number of hydrogen-bond acceptors (Lipinski definition) is 3. The molecular formula is C23H19N5. The van der Waals surface area contributed by atoms with Crippen molar-refractivity contribution in [3.05, 3.63) is 90.1 Å². The lowest BCUT2D eigenvalue weighted by Gasteiger charge is -2.11. The number of nitrogens with one attached hydrogen (secondary N) is 1. The molecule has 5 heteroatoms. The summed E-state index contributed by atoms with van der Waals surface area (Å²) in [5.74, 6) is 0. The van der Waals surface area contributed by atoms with Crippen LogP contribution in [0.5, 0.6) is 0 Å². The summed E-state index contributed by atoms with van der Waals surface area (Å²) in [4.78, 5) is 0. The molecule has 2 aromatic heterocycles. The van der Waals surface area contributed by atoms with Gasteiger partial charge in [0.1, 0.15) is 5.69 Å². The first-order chi connectivity index (χ1) is 13.8. The Balaban J connectivity index is 1.69. The van der Waals surface area contributed by atoms with E-state index >= 15 is 0 Å². The number of fused-ring (bicyclic) bond motifs is 1. The maximum absolute atomic E-state index is 4.57. The van der Waals surface area contributed by atoms with E-state index in [1.165, 1.54) is 11.1 Å². The van der Waals surface area contributed by atoms with Crippen molar-refractivity contribution in [2.75, 3.05) is 0 Å². The molecule has 1 N–H and O–H groups in total. The zero-order valence-electron chi connectivity index (χ0n) is 15.5. The molecule has 0 radical (unpaired) electrons. The highest BCUT2D eigenvalue weighted by molar-refractivity contribution is 5.87. The van der Waals surface area contributed by atoms with Gasteiger partial charge in [-0.15, -0.1) is 5.10 Å². The normalized spacial score (nSPS) is 11.2. The fourth-order valence-electron chi connectivity index (χ4n) is 3.57. The lowest BCUT2D eigenvalue weighted by atomic mass is 10.00. The van der Waals surface area contributed by atoms with Gasteiger partial charge in [-0.1, -0.05) is 65.9 Å². The Labute approximate surface area is 162 Å². The maximum atomic E-state index is 4.57. The molecule has 2 heterocycles. The van der Waals surface area contributed by atoms with Crippen LogP contribution in [0.3, 0.4) is 0 Å². The number of aromatic nitrogens is 5. The topological polar surface area (TPSA) is 59.4 Å². The Hall–Kier alpha value is -3.73. The summed E-state index contributed by atoms with van der Waals surface area (Å²) in [6.07, 6.45) is 1.83. The van der Waals surface area contributed by atoms with Crippen molar-refractivity contribution in [1.29, 1.82) is 0 Å². The molecule has 0 unspecified atom stereocenters. The highest BCUT2D eigenvalue weighted by atomic mass is 15.4. The molecule has 5 rings (SSSR count). The predicted octanol–water partition coefficient (Wildman–Crippen LogP) is 4.85. The fourth-order valence-corrected chi connectivity index (χ4v) is 3.57. The average molecular weight is 365 g/mol. The van der Waals surface area contributed by atoms with E-state index in [9.17, 15) is 0 Å². The van der Waals surface area contributed by atoms with Gasteiger partial charge in [-0.2, -0.15) is 5.10 Å². The van der Waals surface area contributed by atoms with Gasteiger partial charge in [-0.05, 0) is 30.2 Å². The van der Waals surface area contributed by atoms with Gasteiger partial charge in [0.25, 0.3) is 0 Å². The number of rotatable bonds is 4. The highest BCUT2D eigenvalue weighted by Gasteiger charge is 2.18. The van der Waals surface area contributed by atoms with E-state index < -0.39 is 0 Å². The van der Waals surface area contributed by atoms with Crippen molar-refractivity contribution >= 4 is 10.9 Å². The van der Waals surface area contributed by atoms with Crippen LogP contribution in [-0.4, -0.2) is 25.2 Å². The molecule has 3 aromatic carbocycles. The zero-order chi connectivity index (χ0) is 18.9. The molecule has 5 nitrogen and oxygen atoms in total. The van der Waals surface area contributed by atoms with E-state index in [4.69, 9.17) is 0 Å². The van der Waals surface area contributed by atoms with Crippen molar-refractivity contribution in [2.24, 2.45) is 0 Å². The average Bonchev–Trinajstić information content (AvgIpc) is 3.35. The van der Waals surface area contributed by atoms with Crippen molar-refractivity contribution < 1.29 is 0 Å². The smallest absolute Gasteiger partial charge is 0.121 e. The first-order valence-corrected chi connectivity index (χ1v) is 9.26. The van der Waals surface area contributed by atoms with Crippen LogP contribution < -0.4 is 0 Å². The van der Waals surface area contributed by atoms with E-state index in [0.29, 0.717) is 6.54 Å². The first kappa shape index (κ1) is 16.4.